The van der Waals surface area contributed by atoms with Crippen molar-refractivity contribution < 1.29 is 18.0 Å². The molecule has 3 N–H and O–H groups in total. The van der Waals surface area contributed by atoms with Crippen LogP contribution in [0.1, 0.15) is 40.0 Å². The van der Waals surface area contributed by atoms with Gasteiger partial charge in [-0.05, 0) is 18.2 Å². The van der Waals surface area contributed by atoms with Crippen molar-refractivity contribution in [3.05, 3.63) is 0 Å². The van der Waals surface area contributed by atoms with Crippen LogP contribution >= 0.6 is 0 Å². The highest BCUT2D eigenvalue weighted by molar-refractivity contribution is 7.90. The Labute approximate surface area is 96.5 Å². The summed E-state index contributed by atoms with van der Waals surface area (Å²) >= 11 is 0. The number of nitrogens with one attached hydrogen (secondary N) is 1. The average molecular weight is 252 g/mol. The monoisotopic (exact) mass is 252 g/mol. The van der Waals surface area contributed by atoms with Crippen LogP contribution in [0, 0.1) is 0 Å². The number of carbonyl (C=O) groups excluding carboxylic acids is 1. The third-order valence-electron chi connectivity index (χ3n) is 2.12. The van der Waals surface area contributed by atoms with Gasteiger partial charge in [-0.25, -0.2) is 8.42 Å². The summed E-state index contributed by atoms with van der Waals surface area (Å²) in [5.74, 6) is -0.622. The van der Waals surface area contributed by atoms with E-state index in [4.69, 9.17) is 5.73 Å². The molecule has 0 aromatic rings. The zero-order chi connectivity index (χ0) is 12.8. The Balaban J connectivity index is 4.54. The van der Waals surface area contributed by atoms with Crippen LogP contribution in [0.5, 0.6) is 0 Å². The van der Waals surface area contributed by atoms with Crippen molar-refractivity contribution >= 4 is 16.0 Å². The van der Waals surface area contributed by atoms with Gasteiger partial charge in [0.25, 0.3) is 0 Å². The third-order valence-corrected chi connectivity index (χ3v) is 3.90. The van der Waals surface area contributed by atoms with Gasteiger partial charge >= 0.3 is 5.97 Å². The van der Waals surface area contributed by atoms with Crippen LogP contribution in [0.2, 0.25) is 0 Å². The van der Waals surface area contributed by atoms with Crippen molar-refractivity contribution in [1.82, 2.24) is 4.89 Å². The maximum absolute atomic E-state index is 11.7. The summed E-state index contributed by atoms with van der Waals surface area (Å²) in [5.41, 5.74) is 5.59. The van der Waals surface area contributed by atoms with Crippen molar-refractivity contribution in [2.75, 3.05) is 0 Å². The maximum atomic E-state index is 11.7. The van der Waals surface area contributed by atoms with Crippen LogP contribution < -0.4 is 10.6 Å². The van der Waals surface area contributed by atoms with Crippen LogP contribution in [-0.4, -0.2) is 25.7 Å². The Morgan fingerprint density at radius 2 is 2.00 bits per heavy atom. The first-order valence-electron chi connectivity index (χ1n) is 5.31. The summed E-state index contributed by atoms with van der Waals surface area (Å²) in [6.45, 7) is 5.05. The second-order valence-corrected chi connectivity index (χ2v) is 5.50. The highest BCUT2D eigenvalue weighted by Crippen LogP contribution is 2.10. The van der Waals surface area contributed by atoms with E-state index in [2.05, 4.69) is 4.84 Å². The zero-order valence-electron chi connectivity index (χ0n) is 9.89. The summed E-state index contributed by atoms with van der Waals surface area (Å²) in [4.78, 5) is 17.0. The minimum atomic E-state index is -3.71. The molecule has 0 aliphatic heterocycles. The van der Waals surface area contributed by atoms with Gasteiger partial charge in [-0.2, -0.15) is 0 Å². The Morgan fingerprint density at radius 3 is 2.38 bits per heavy atom. The van der Waals surface area contributed by atoms with Crippen molar-refractivity contribution in [1.29, 1.82) is 0 Å². The molecule has 0 aromatic carbocycles. The van der Waals surface area contributed by atoms with Crippen LogP contribution in [0.15, 0.2) is 0 Å². The van der Waals surface area contributed by atoms with E-state index in [0.29, 0.717) is 12.8 Å². The fourth-order valence-electron chi connectivity index (χ4n) is 1.22. The van der Waals surface area contributed by atoms with Gasteiger partial charge in [-0.1, -0.05) is 20.3 Å². The van der Waals surface area contributed by atoms with Gasteiger partial charge in [0.15, 0.2) is 0 Å². The van der Waals surface area contributed by atoms with Crippen molar-refractivity contribution in [3.63, 3.8) is 0 Å². The third kappa shape index (κ3) is 4.91. The SMILES string of the molecule is CCCC(C(C)N)S(=O)(=O)NOC(=O)CC. The molecule has 0 aliphatic rings. The second-order valence-electron chi connectivity index (χ2n) is 3.64. The van der Waals surface area contributed by atoms with E-state index >= 15 is 0 Å². The number of nitrogens with two attached hydrogens (primary N) is 1. The topological polar surface area (TPSA) is 98.5 Å². The molecule has 2 unspecified atom stereocenters. The largest absolute Gasteiger partial charge is 0.356 e. The predicted molar refractivity (Wildman–Crippen MR) is 60.8 cm³/mol. The number of hydrogen-bond acceptors (Lipinski definition) is 5. The Hall–Kier alpha value is -0.660. The first-order chi connectivity index (χ1) is 7.35. The number of sulfonamides is 1. The lowest BCUT2D eigenvalue weighted by Crippen LogP contribution is -2.44. The summed E-state index contributed by atoms with van der Waals surface area (Å²) in [6, 6.07) is -0.516. The smallest absolute Gasteiger partial charge is 0.325 e. The van der Waals surface area contributed by atoms with Crippen molar-refractivity contribution in [3.8, 4) is 0 Å². The average Bonchev–Trinajstić information content (AvgIpc) is 2.21. The highest BCUT2D eigenvalue weighted by Gasteiger charge is 2.29. The fourth-order valence-corrected chi connectivity index (χ4v) is 2.67. The molecule has 0 spiro atoms. The van der Waals surface area contributed by atoms with Crippen LogP contribution in [0.3, 0.4) is 0 Å². The lowest BCUT2D eigenvalue weighted by Gasteiger charge is -2.20. The predicted octanol–water partition coefficient (Wildman–Crippen LogP) is 0.290. The van der Waals surface area contributed by atoms with Crippen molar-refractivity contribution in [2.45, 2.75) is 51.3 Å². The minimum Gasteiger partial charge on any atom is -0.356 e. The zero-order valence-corrected chi connectivity index (χ0v) is 10.7. The molecule has 0 aliphatic carbocycles. The molecule has 0 heterocycles. The van der Waals surface area contributed by atoms with Gasteiger partial charge in [0.05, 0.1) is 5.25 Å². The normalized spacial score (nSPS) is 15.5. The summed E-state index contributed by atoms with van der Waals surface area (Å²) < 4.78 is 23.4. The molecule has 96 valence electrons. The van der Waals surface area contributed by atoms with Gasteiger partial charge in [0, 0.05) is 12.5 Å². The maximum Gasteiger partial charge on any atom is 0.325 e. The van der Waals surface area contributed by atoms with Crippen molar-refractivity contribution in [2.24, 2.45) is 5.73 Å². The number of carbonyl (C=O) groups is 1. The van der Waals surface area contributed by atoms with E-state index in [9.17, 15) is 13.2 Å². The molecule has 7 heteroatoms. The quantitative estimate of drug-likeness (QED) is 0.634. The van der Waals surface area contributed by atoms with E-state index in [1.165, 1.54) is 0 Å². The molecular weight excluding hydrogens is 232 g/mol. The molecular formula is C9H20N2O4S. The van der Waals surface area contributed by atoms with Crippen LogP contribution in [0.25, 0.3) is 0 Å². The molecule has 0 bridgehead atoms. The van der Waals surface area contributed by atoms with E-state index in [1.54, 1.807) is 13.8 Å². The fraction of sp³-hybridized carbons (Fsp3) is 0.889. The van der Waals surface area contributed by atoms with Gasteiger partial charge in [0.2, 0.25) is 10.0 Å². The van der Waals surface area contributed by atoms with Gasteiger partial charge < -0.3 is 10.6 Å². The molecule has 0 saturated heterocycles. The molecule has 2 atom stereocenters. The van der Waals surface area contributed by atoms with Gasteiger partial charge in [-0.3, -0.25) is 4.79 Å². The summed E-state index contributed by atoms with van der Waals surface area (Å²) in [7, 11) is -3.71. The van der Waals surface area contributed by atoms with Gasteiger partial charge in [0.1, 0.15) is 0 Å². The Morgan fingerprint density at radius 1 is 1.44 bits per heavy atom. The van der Waals surface area contributed by atoms with E-state index in [0.717, 1.165) is 0 Å². The van der Waals surface area contributed by atoms with Crippen LogP contribution in [0.4, 0.5) is 0 Å². The second kappa shape index (κ2) is 6.82. The molecule has 16 heavy (non-hydrogen) atoms. The summed E-state index contributed by atoms with van der Waals surface area (Å²) in [6.07, 6.45) is 1.23. The minimum absolute atomic E-state index is 0.110. The molecule has 0 fully saturated rings. The lowest BCUT2D eigenvalue weighted by molar-refractivity contribution is -0.146. The molecule has 6 nitrogen and oxygen atoms in total. The Bertz CT molecular complexity index is 313. The molecule has 0 rings (SSSR count). The first-order valence-corrected chi connectivity index (χ1v) is 6.85. The summed E-state index contributed by atoms with van der Waals surface area (Å²) in [5, 5.41) is -0.748. The first kappa shape index (κ1) is 15.3. The molecule has 0 radical (unpaired) electrons. The number of hydrogen-bond donors (Lipinski definition) is 2. The standard InChI is InChI=1S/C9H20N2O4S/c1-4-6-8(7(3)10)16(13,14)11-15-9(12)5-2/h7-8,11H,4-6,10H2,1-3H3. The van der Waals surface area contributed by atoms with E-state index in [1.807, 2.05) is 11.8 Å². The number of rotatable bonds is 7. The van der Waals surface area contributed by atoms with Gasteiger partial charge in [-0.15, -0.1) is 0 Å². The molecule has 0 amide bonds. The van der Waals surface area contributed by atoms with Crippen LogP contribution in [-0.2, 0) is 19.7 Å². The Kier molecular flexibility index (Phi) is 6.54. The van der Waals surface area contributed by atoms with E-state index < -0.39 is 27.3 Å². The van der Waals surface area contributed by atoms with E-state index in [-0.39, 0.29) is 6.42 Å². The molecule has 0 aromatic heterocycles. The molecule has 0 saturated carbocycles. The highest BCUT2D eigenvalue weighted by atomic mass is 32.2. The lowest BCUT2D eigenvalue weighted by atomic mass is 10.1.